The second-order valence-electron chi connectivity index (χ2n) is 5.43. The van der Waals surface area contributed by atoms with E-state index in [1.54, 1.807) is 0 Å². The van der Waals surface area contributed by atoms with Gasteiger partial charge < -0.3 is 15.8 Å². The number of carbonyl (C=O) groups is 3. The van der Waals surface area contributed by atoms with E-state index in [2.05, 4.69) is 15.6 Å². The minimum atomic E-state index is -1.13. The summed E-state index contributed by atoms with van der Waals surface area (Å²) in [5.41, 5.74) is 5.64. The fourth-order valence-electron chi connectivity index (χ4n) is 2.37. The summed E-state index contributed by atoms with van der Waals surface area (Å²) in [6, 6.07) is 2.50. The minimum Gasteiger partial charge on any atom is -0.449 e. The van der Waals surface area contributed by atoms with Crippen LogP contribution in [-0.2, 0) is 9.53 Å². The zero-order valence-corrected chi connectivity index (χ0v) is 12.9. The summed E-state index contributed by atoms with van der Waals surface area (Å²) in [6.45, 7) is 1.38. The number of nitrogens with zero attached hydrogens (tertiary/aromatic N) is 1. The summed E-state index contributed by atoms with van der Waals surface area (Å²) in [7, 11) is 0. The molecule has 8 nitrogen and oxygen atoms in total. The summed E-state index contributed by atoms with van der Waals surface area (Å²) in [5.74, 6) is -1.45. The lowest BCUT2D eigenvalue weighted by atomic mass is 10.2. The summed E-state index contributed by atoms with van der Waals surface area (Å²) in [4.78, 5) is 39.3. The van der Waals surface area contributed by atoms with Gasteiger partial charge in [0.1, 0.15) is 11.4 Å². The number of ether oxygens (including phenoxy) is 1. The monoisotopic (exact) mass is 320 g/mol. The van der Waals surface area contributed by atoms with Crippen molar-refractivity contribution < 1.29 is 19.1 Å². The number of nitrogen functional groups attached to an aromatic ring is 1. The quantitative estimate of drug-likeness (QED) is 0.710. The van der Waals surface area contributed by atoms with Gasteiger partial charge in [-0.15, -0.1) is 0 Å². The number of rotatable bonds is 4. The second-order valence-corrected chi connectivity index (χ2v) is 5.43. The van der Waals surface area contributed by atoms with E-state index in [1.165, 1.54) is 25.3 Å². The molecule has 1 aliphatic carbocycles. The molecule has 0 aromatic carbocycles. The highest BCUT2D eigenvalue weighted by atomic mass is 16.5. The van der Waals surface area contributed by atoms with Crippen LogP contribution in [0.5, 0.6) is 0 Å². The second kappa shape index (κ2) is 7.57. The van der Waals surface area contributed by atoms with Gasteiger partial charge in [-0.05, 0) is 31.9 Å². The van der Waals surface area contributed by atoms with Crippen molar-refractivity contribution in [3.05, 3.63) is 23.9 Å². The lowest BCUT2D eigenvalue weighted by Gasteiger charge is -2.15. The number of nitrogens with two attached hydrogens (primary N) is 1. The van der Waals surface area contributed by atoms with E-state index in [0.717, 1.165) is 25.7 Å². The van der Waals surface area contributed by atoms with E-state index >= 15 is 0 Å². The molecule has 0 radical (unpaired) electrons. The smallest absolute Gasteiger partial charge is 0.342 e. The molecule has 4 N–H and O–H groups in total. The number of amides is 3. The largest absolute Gasteiger partial charge is 0.449 e. The zero-order chi connectivity index (χ0) is 16.8. The highest BCUT2D eigenvalue weighted by molar-refractivity contribution is 5.99. The van der Waals surface area contributed by atoms with E-state index in [1.807, 2.05) is 0 Å². The van der Waals surface area contributed by atoms with E-state index in [-0.39, 0.29) is 17.4 Å². The Hall–Kier alpha value is -2.64. The number of imide groups is 1. The summed E-state index contributed by atoms with van der Waals surface area (Å²) >= 11 is 0. The van der Waals surface area contributed by atoms with E-state index in [0.29, 0.717) is 0 Å². The van der Waals surface area contributed by atoms with Crippen LogP contribution in [0.2, 0.25) is 0 Å². The van der Waals surface area contributed by atoms with Crippen LogP contribution >= 0.6 is 0 Å². The number of pyridine rings is 1. The molecule has 1 aliphatic rings. The molecular formula is C15H20N4O4. The van der Waals surface area contributed by atoms with Crippen LogP contribution in [0.4, 0.5) is 10.6 Å². The molecular weight excluding hydrogens is 300 g/mol. The van der Waals surface area contributed by atoms with Crippen molar-refractivity contribution in [3.63, 3.8) is 0 Å². The predicted octanol–water partition coefficient (Wildman–Crippen LogP) is 0.977. The van der Waals surface area contributed by atoms with Gasteiger partial charge >= 0.3 is 12.0 Å². The topological polar surface area (TPSA) is 123 Å². The van der Waals surface area contributed by atoms with Crippen LogP contribution < -0.4 is 16.4 Å². The number of anilines is 1. The zero-order valence-electron chi connectivity index (χ0n) is 12.9. The third-order valence-corrected chi connectivity index (χ3v) is 3.64. The maximum atomic E-state index is 11.9. The van der Waals surface area contributed by atoms with Crippen molar-refractivity contribution in [2.24, 2.45) is 0 Å². The van der Waals surface area contributed by atoms with Crippen molar-refractivity contribution in [2.45, 2.75) is 44.8 Å². The van der Waals surface area contributed by atoms with Gasteiger partial charge in [0.05, 0.1) is 0 Å². The first-order chi connectivity index (χ1) is 11.0. The third kappa shape index (κ3) is 4.67. The molecule has 0 spiro atoms. The molecule has 1 aromatic rings. The molecule has 1 fully saturated rings. The molecule has 1 atom stereocenters. The van der Waals surface area contributed by atoms with Crippen molar-refractivity contribution >= 4 is 23.7 Å². The van der Waals surface area contributed by atoms with Gasteiger partial charge in [-0.25, -0.2) is 14.6 Å². The maximum absolute atomic E-state index is 11.9. The Morgan fingerprint density at radius 2 is 2.04 bits per heavy atom. The molecule has 0 saturated heterocycles. The number of hydrogen-bond acceptors (Lipinski definition) is 6. The first kappa shape index (κ1) is 16.7. The Bertz CT molecular complexity index is 599. The lowest BCUT2D eigenvalue weighted by Crippen LogP contribution is -2.47. The Morgan fingerprint density at radius 1 is 1.35 bits per heavy atom. The molecule has 23 heavy (non-hydrogen) atoms. The number of esters is 1. The number of aromatic nitrogens is 1. The van der Waals surface area contributed by atoms with Gasteiger partial charge in [0.15, 0.2) is 6.10 Å². The van der Waals surface area contributed by atoms with E-state index < -0.39 is 24.0 Å². The van der Waals surface area contributed by atoms with Crippen LogP contribution in [0.1, 0.15) is 43.0 Å². The van der Waals surface area contributed by atoms with Crippen molar-refractivity contribution in [2.75, 3.05) is 5.73 Å². The molecule has 2 rings (SSSR count). The molecule has 1 aromatic heterocycles. The average Bonchev–Trinajstić information content (AvgIpc) is 3.00. The number of hydrogen-bond donors (Lipinski definition) is 3. The molecule has 124 valence electrons. The Morgan fingerprint density at radius 3 is 2.70 bits per heavy atom. The number of nitrogens with one attached hydrogen (secondary N) is 2. The lowest BCUT2D eigenvalue weighted by molar-refractivity contribution is -0.127. The highest BCUT2D eigenvalue weighted by Crippen LogP contribution is 2.17. The van der Waals surface area contributed by atoms with Crippen molar-refractivity contribution in [1.29, 1.82) is 0 Å². The summed E-state index contributed by atoms with van der Waals surface area (Å²) < 4.78 is 5.00. The van der Waals surface area contributed by atoms with E-state index in [9.17, 15) is 14.4 Å². The molecule has 3 amide bonds. The van der Waals surface area contributed by atoms with Gasteiger partial charge in [0.25, 0.3) is 5.91 Å². The van der Waals surface area contributed by atoms with Crippen LogP contribution in [0.25, 0.3) is 0 Å². The fourth-order valence-corrected chi connectivity index (χ4v) is 2.37. The molecule has 0 bridgehead atoms. The van der Waals surface area contributed by atoms with Gasteiger partial charge in [-0.3, -0.25) is 10.1 Å². The molecule has 1 unspecified atom stereocenters. The Labute approximate surface area is 133 Å². The van der Waals surface area contributed by atoms with Crippen LogP contribution in [0, 0.1) is 0 Å². The predicted molar refractivity (Wildman–Crippen MR) is 82.5 cm³/mol. The van der Waals surface area contributed by atoms with Crippen molar-refractivity contribution in [3.8, 4) is 0 Å². The fraction of sp³-hybridized carbons (Fsp3) is 0.467. The van der Waals surface area contributed by atoms with E-state index in [4.69, 9.17) is 10.5 Å². The van der Waals surface area contributed by atoms with Crippen LogP contribution in [0.15, 0.2) is 18.3 Å². The van der Waals surface area contributed by atoms with Gasteiger partial charge in [0, 0.05) is 12.2 Å². The first-order valence-corrected chi connectivity index (χ1v) is 7.50. The standard InChI is InChI=1S/C15H20N4O4/c1-9(23-14(21)11-7-4-8-17-12(11)16)13(20)19-15(22)18-10-5-2-3-6-10/h4,7-10H,2-3,5-6H2,1H3,(H2,16,17)(H2,18,19,20,22). The molecule has 0 aliphatic heterocycles. The molecule has 8 heteroatoms. The SMILES string of the molecule is CC(OC(=O)c1cccnc1N)C(=O)NC(=O)NC1CCCC1. The maximum Gasteiger partial charge on any atom is 0.342 e. The van der Waals surface area contributed by atoms with Crippen molar-refractivity contribution in [1.82, 2.24) is 15.6 Å². The van der Waals surface area contributed by atoms with Gasteiger partial charge in [-0.1, -0.05) is 12.8 Å². The molecule has 1 saturated carbocycles. The van der Waals surface area contributed by atoms with Gasteiger partial charge in [-0.2, -0.15) is 0 Å². The third-order valence-electron chi connectivity index (χ3n) is 3.64. The first-order valence-electron chi connectivity index (χ1n) is 7.50. The highest BCUT2D eigenvalue weighted by Gasteiger charge is 2.23. The molecule has 1 heterocycles. The Balaban J connectivity index is 1.83. The average molecular weight is 320 g/mol. The van der Waals surface area contributed by atoms with Gasteiger partial charge in [0.2, 0.25) is 0 Å². The normalized spacial score (nSPS) is 15.7. The minimum absolute atomic E-state index is 0.0177. The summed E-state index contributed by atoms with van der Waals surface area (Å²) in [5, 5.41) is 4.88. The summed E-state index contributed by atoms with van der Waals surface area (Å²) in [6.07, 6.45) is 4.27. The Kier molecular flexibility index (Phi) is 5.51. The van der Waals surface area contributed by atoms with Crippen LogP contribution in [0.3, 0.4) is 0 Å². The van der Waals surface area contributed by atoms with Crippen LogP contribution in [-0.4, -0.2) is 35.0 Å². The number of carbonyl (C=O) groups excluding carboxylic acids is 3. The number of urea groups is 1.